The van der Waals surface area contributed by atoms with Gasteiger partial charge in [0.2, 0.25) is 0 Å². The Hall–Kier alpha value is -3.94. The van der Waals surface area contributed by atoms with E-state index in [9.17, 15) is 4.79 Å². The van der Waals surface area contributed by atoms with Crippen molar-refractivity contribution in [2.75, 3.05) is 6.54 Å². The molecule has 5 nitrogen and oxygen atoms in total. The maximum atomic E-state index is 12.9. The number of hydrogen-bond acceptors (Lipinski definition) is 5. The van der Waals surface area contributed by atoms with Crippen LogP contribution in [0.5, 0.6) is 5.75 Å². The van der Waals surface area contributed by atoms with Gasteiger partial charge in [0.1, 0.15) is 16.7 Å². The van der Waals surface area contributed by atoms with Crippen LogP contribution in [-0.4, -0.2) is 31.5 Å². The summed E-state index contributed by atoms with van der Waals surface area (Å²) in [7, 11) is 0. The maximum Gasteiger partial charge on any atom is 0.266 e. The number of benzene rings is 3. The Morgan fingerprint density at radius 3 is 2.46 bits per heavy atom. The van der Waals surface area contributed by atoms with Crippen LogP contribution < -0.4 is 4.74 Å². The van der Waals surface area contributed by atoms with E-state index in [0.717, 1.165) is 33.8 Å². The first-order valence-corrected chi connectivity index (χ1v) is 13.0. The Bertz CT molecular complexity index is 1470. The summed E-state index contributed by atoms with van der Waals surface area (Å²) < 4.78 is 8.34. The second-order valence-corrected chi connectivity index (χ2v) is 10.3. The molecule has 4 aromatic rings. The zero-order valence-electron chi connectivity index (χ0n) is 20.3. The second-order valence-electron chi connectivity index (χ2n) is 8.59. The quantitative estimate of drug-likeness (QED) is 0.144. The van der Waals surface area contributed by atoms with Crippen molar-refractivity contribution in [3.05, 3.63) is 119 Å². The van der Waals surface area contributed by atoms with E-state index in [2.05, 4.69) is 37.8 Å². The highest BCUT2D eigenvalue weighted by molar-refractivity contribution is 8.26. The summed E-state index contributed by atoms with van der Waals surface area (Å²) >= 11 is 6.71. The van der Waals surface area contributed by atoms with E-state index in [0.29, 0.717) is 22.4 Å². The van der Waals surface area contributed by atoms with Crippen LogP contribution in [-0.2, 0) is 11.4 Å². The summed E-state index contributed by atoms with van der Waals surface area (Å²) in [6.45, 7) is 6.69. The third kappa shape index (κ3) is 5.58. The first-order valence-electron chi connectivity index (χ1n) is 11.8. The van der Waals surface area contributed by atoms with Gasteiger partial charge in [0, 0.05) is 23.9 Å². The second kappa shape index (κ2) is 11.0. The highest BCUT2D eigenvalue weighted by atomic mass is 32.2. The van der Waals surface area contributed by atoms with Crippen molar-refractivity contribution in [2.45, 2.75) is 13.5 Å². The van der Waals surface area contributed by atoms with Gasteiger partial charge in [-0.3, -0.25) is 9.69 Å². The molecule has 1 amide bonds. The van der Waals surface area contributed by atoms with Gasteiger partial charge in [0.15, 0.2) is 0 Å². The predicted molar refractivity (Wildman–Crippen MR) is 155 cm³/mol. The standard InChI is InChI=1S/C30H25N3O2S2/c1-3-17-32-29(34)27(37-30(32)36)18-24-19-33(25-7-5-4-6-8-25)31-28(24)23-13-15-26(16-14-23)35-20-22-11-9-21(2)10-12-22/h3-16,18-19H,1,17,20H2,2H3/b27-18-. The van der Waals surface area contributed by atoms with E-state index < -0.39 is 0 Å². The van der Waals surface area contributed by atoms with E-state index in [1.165, 1.54) is 17.3 Å². The molecule has 0 atom stereocenters. The third-order valence-electron chi connectivity index (χ3n) is 5.89. The largest absolute Gasteiger partial charge is 0.489 e. The van der Waals surface area contributed by atoms with Crippen LogP contribution in [0.4, 0.5) is 0 Å². The molecule has 1 fully saturated rings. The van der Waals surface area contributed by atoms with Crippen molar-refractivity contribution in [3.63, 3.8) is 0 Å². The number of nitrogens with zero attached hydrogens (tertiary/aromatic N) is 3. The van der Waals surface area contributed by atoms with Gasteiger partial charge in [-0.15, -0.1) is 6.58 Å². The summed E-state index contributed by atoms with van der Waals surface area (Å²) in [4.78, 5) is 15.1. The van der Waals surface area contributed by atoms with Gasteiger partial charge in [0.05, 0.1) is 16.3 Å². The number of hydrogen-bond donors (Lipinski definition) is 0. The fraction of sp³-hybridized carbons (Fsp3) is 0.100. The predicted octanol–water partition coefficient (Wildman–Crippen LogP) is 6.81. The first kappa shape index (κ1) is 24.7. The van der Waals surface area contributed by atoms with Crippen molar-refractivity contribution in [2.24, 2.45) is 0 Å². The lowest BCUT2D eigenvalue weighted by atomic mass is 10.1. The summed E-state index contributed by atoms with van der Waals surface area (Å²) in [6, 6.07) is 26.1. The minimum atomic E-state index is -0.117. The molecule has 0 aliphatic carbocycles. The summed E-state index contributed by atoms with van der Waals surface area (Å²) in [5.74, 6) is 0.659. The van der Waals surface area contributed by atoms with E-state index in [-0.39, 0.29) is 5.91 Å². The number of thioether (sulfide) groups is 1. The van der Waals surface area contributed by atoms with Crippen molar-refractivity contribution >= 4 is 40.3 Å². The Labute approximate surface area is 226 Å². The number of amides is 1. The topological polar surface area (TPSA) is 47.4 Å². The van der Waals surface area contributed by atoms with Gasteiger partial charge in [-0.05, 0) is 55.0 Å². The lowest BCUT2D eigenvalue weighted by Crippen LogP contribution is -2.27. The monoisotopic (exact) mass is 523 g/mol. The molecule has 0 N–H and O–H groups in total. The molecule has 0 saturated carbocycles. The van der Waals surface area contributed by atoms with E-state index in [4.69, 9.17) is 22.1 Å². The van der Waals surface area contributed by atoms with Gasteiger partial charge in [-0.25, -0.2) is 4.68 Å². The smallest absolute Gasteiger partial charge is 0.266 e. The number of para-hydroxylation sites is 1. The average molecular weight is 524 g/mol. The highest BCUT2D eigenvalue weighted by Gasteiger charge is 2.31. The molecule has 5 rings (SSSR count). The normalized spacial score (nSPS) is 14.4. The Kier molecular flexibility index (Phi) is 7.35. The van der Waals surface area contributed by atoms with Gasteiger partial charge in [0.25, 0.3) is 5.91 Å². The van der Waals surface area contributed by atoms with Crippen molar-refractivity contribution in [3.8, 4) is 22.7 Å². The molecule has 184 valence electrons. The lowest BCUT2D eigenvalue weighted by molar-refractivity contribution is -0.121. The zero-order valence-corrected chi connectivity index (χ0v) is 22.0. The molecular formula is C30H25N3O2S2. The maximum absolute atomic E-state index is 12.9. The molecule has 1 aromatic heterocycles. The van der Waals surface area contributed by atoms with Gasteiger partial charge in [-0.2, -0.15) is 5.10 Å². The summed E-state index contributed by atoms with van der Waals surface area (Å²) in [5.41, 5.74) is 5.79. The number of aryl methyl sites for hydroxylation is 1. The molecule has 37 heavy (non-hydrogen) atoms. The number of carbonyl (C=O) groups is 1. The molecule has 0 unspecified atom stereocenters. The summed E-state index contributed by atoms with van der Waals surface area (Å²) in [5, 5.41) is 4.87. The van der Waals surface area contributed by atoms with E-state index in [1.807, 2.05) is 71.6 Å². The SMILES string of the molecule is C=CCN1C(=O)/C(=C/c2cn(-c3ccccc3)nc2-c2ccc(OCc3ccc(C)cc3)cc2)SC1=S. The molecule has 0 radical (unpaired) electrons. The molecular weight excluding hydrogens is 498 g/mol. The number of aromatic nitrogens is 2. The minimum absolute atomic E-state index is 0.117. The third-order valence-corrected chi connectivity index (χ3v) is 7.27. The Morgan fingerprint density at radius 1 is 1.03 bits per heavy atom. The highest BCUT2D eigenvalue weighted by Crippen LogP contribution is 2.35. The Morgan fingerprint density at radius 2 is 1.76 bits per heavy atom. The molecule has 0 spiro atoms. The molecule has 1 aliphatic heterocycles. The molecule has 0 bridgehead atoms. The average Bonchev–Trinajstić information content (AvgIpc) is 3.46. The number of carbonyl (C=O) groups excluding carboxylic acids is 1. The van der Waals surface area contributed by atoms with Crippen LogP contribution in [0.1, 0.15) is 16.7 Å². The van der Waals surface area contributed by atoms with Crippen molar-refractivity contribution in [1.29, 1.82) is 0 Å². The van der Waals surface area contributed by atoms with E-state index >= 15 is 0 Å². The molecule has 1 saturated heterocycles. The molecule has 1 aliphatic rings. The number of thiocarbonyl (C=S) groups is 1. The van der Waals surface area contributed by atoms with Gasteiger partial charge < -0.3 is 4.74 Å². The minimum Gasteiger partial charge on any atom is -0.489 e. The number of rotatable bonds is 8. The van der Waals surface area contributed by atoms with Gasteiger partial charge in [-0.1, -0.05) is 78.1 Å². The zero-order chi connectivity index (χ0) is 25.8. The van der Waals surface area contributed by atoms with Crippen LogP contribution in [0.3, 0.4) is 0 Å². The summed E-state index contributed by atoms with van der Waals surface area (Å²) in [6.07, 6.45) is 5.48. The van der Waals surface area contributed by atoms with Gasteiger partial charge >= 0.3 is 0 Å². The fourth-order valence-corrected chi connectivity index (χ4v) is 5.18. The fourth-order valence-electron chi connectivity index (χ4n) is 3.92. The molecule has 7 heteroatoms. The molecule has 2 heterocycles. The van der Waals surface area contributed by atoms with Crippen molar-refractivity contribution < 1.29 is 9.53 Å². The van der Waals surface area contributed by atoms with Crippen LogP contribution in [0.25, 0.3) is 23.0 Å². The van der Waals surface area contributed by atoms with Crippen LogP contribution in [0.15, 0.2) is 103 Å². The Balaban J connectivity index is 1.45. The lowest BCUT2D eigenvalue weighted by Gasteiger charge is -2.10. The number of ether oxygens (including phenoxy) is 1. The van der Waals surface area contributed by atoms with E-state index in [1.54, 1.807) is 11.0 Å². The van der Waals surface area contributed by atoms with Crippen molar-refractivity contribution in [1.82, 2.24) is 14.7 Å². The molecule has 3 aromatic carbocycles. The van der Waals surface area contributed by atoms with Crippen LogP contribution in [0.2, 0.25) is 0 Å². The first-order chi connectivity index (χ1) is 18.0. The van der Waals surface area contributed by atoms with Crippen LogP contribution in [0, 0.1) is 6.92 Å². The van der Waals surface area contributed by atoms with Crippen LogP contribution >= 0.6 is 24.0 Å².